The predicted molar refractivity (Wildman–Crippen MR) is 123 cm³/mol. The van der Waals surface area contributed by atoms with Gasteiger partial charge in [-0.15, -0.1) is 0 Å². The van der Waals surface area contributed by atoms with E-state index in [1.54, 1.807) is 30.3 Å². The molecule has 0 radical (unpaired) electrons. The first-order valence-electron chi connectivity index (χ1n) is 10.8. The average Bonchev–Trinajstić information content (AvgIpc) is 3.32. The van der Waals surface area contributed by atoms with Gasteiger partial charge < -0.3 is 20.6 Å². The second-order valence-corrected chi connectivity index (χ2v) is 7.80. The molecule has 1 aliphatic rings. The molecule has 2 atom stereocenters. The minimum Gasteiger partial charge on any atom is -0.480 e. The standard InChI is InChI=1S/C25H27N3O5/c29-22(27-20(25(32)33)16-19-10-5-2-6-11-19)17-26-24(31)21-12-7-15-28(21)23(30)14-13-18-8-3-1-4-9-18/h1-6,8-11,13-14,20-21H,7,12,15-17H2,(H,26,31)(H,27,29)(H,32,33)/b14-13+/t20-,21-/m0/s1. The van der Waals surface area contributed by atoms with Crippen LogP contribution in [0.1, 0.15) is 24.0 Å². The first-order chi connectivity index (χ1) is 15.9. The number of rotatable bonds is 9. The highest BCUT2D eigenvalue weighted by molar-refractivity contribution is 5.97. The molecule has 3 N–H and O–H groups in total. The molecule has 2 aromatic rings. The summed E-state index contributed by atoms with van der Waals surface area (Å²) in [6.07, 6.45) is 4.46. The van der Waals surface area contributed by atoms with Gasteiger partial charge >= 0.3 is 5.97 Å². The van der Waals surface area contributed by atoms with Crippen LogP contribution in [0.15, 0.2) is 66.7 Å². The maximum Gasteiger partial charge on any atom is 0.326 e. The molecule has 8 nitrogen and oxygen atoms in total. The zero-order valence-corrected chi connectivity index (χ0v) is 18.1. The lowest BCUT2D eigenvalue weighted by atomic mass is 10.1. The molecular weight excluding hydrogens is 422 g/mol. The maximum atomic E-state index is 12.6. The van der Waals surface area contributed by atoms with Crippen molar-refractivity contribution in [1.29, 1.82) is 0 Å². The fourth-order valence-electron chi connectivity index (χ4n) is 3.71. The topological polar surface area (TPSA) is 116 Å². The Hall–Kier alpha value is -3.94. The van der Waals surface area contributed by atoms with Crippen LogP contribution in [-0.2, 0) is 25.6 Å². The van der Waals surface area contributed by atoms with Crippen molar-refractivity contribution in [3.63, 3.8) is 0 Å². The minimum absolute atomic E-state index is 0.133. The molecule has 0 spiro atoms. The number of hydrogen-bond donors (Lipinski definition) is 3. The van der Waals surface area contributed by atoms with Crippen LogP contribution in [0.4, 0.5) is 0 Å². The molecule has 2 aromatic carbocycles. The van der Waals surface area contributed by atoms with Gasteiger partial charge in [0.15, 0.2) is 0 Å². The predicted octanol–water partition coefficient (Wildman–Crippen LogP) is 1.62. The minimum atomic E-state index is -1.16. The van der Waals surface area contributed by atoms with E-state index in [0.29, 0.717) is 19.4 Å². The first-order valence-corrected chi connectivity index (χ1v) is 10.8. The number of aliphatic carboxylic acids is 1. The smallest absolute Gasteiger partial charge is 0.326 e. The SMILES string of the molecule is O=C(CNC(=O)[C@@H]1CCCN1C(=O)/C=C/c1ccccc1)N[C@@H](Cc1ccccc1)C(=O)O. The summed E-state index contributed by atoms with van der Waals surface area (Å²) >= 11 is 0. The van der Waals surface area contributed by atoms with Crippen LogP contribution >= 0.6 is 0 Å². The molecule has 8 heteroatoms. The third-order valence-electron chi connectivity index (χ3n) is 5.40. The number of carbonyl (C=O) groups excluding carboxylic acids is 3. The third-order valence-corrected chi connectivity index (χ3v) is 5.40. The second-order valence-electron chi connectivity index (χ2n) is 7.80. The molecule has 3 rings (SSSR count). The van der Waals surface area contributed by atoms with Crippen LogP contribution in [0.25, 0.3) is 6.08 Å². The Kier molecular flexibility index (Phi) is 8.35. The summed E-state index contributed by atoms with van der Waals surface area (Å²) in [6, 6.07) is 16.6. The third kappa shape index (κ3) is 7.03. The molecule has 0 bridgehead atoms. The molecule has 0 aromatic heterocycles. The van der Waals surface area contributed by atoms with E-state index in [-0.39, 0.29) is 18.9 Å². The Morgan fingerprint density at radius 1 is 1.03 bits per heavy atom. The highest BCUT2D eigenvalue weighted by atomic mass is 16.4. The van der Waals surface area contributed by atoms with Gasteiger partial charge in [0.05, 0.1) is 6.54 Å². The maximum absolute atomic E-state index is 12.6. The Morgan fingerprint density at radius 2 is 1.70 bits per heavy atom. The molecule has 1 saturated heterocycles. The van der Waals surface area contributed by atoms with Gasteiger partial charge in [-0.1, -0.05) is 60.7 Å². The van der Waals surface area contributed by atoms with Gasteiger partial charge in [0.25, 0.3) is 0 Å². The number of carboxylic acid groups (broad SMARTS) is 1. The van der Waals surface area contributed by atoms with E-state index in [1.807, 2.05) is 36.4 Å². The fourth-order valence-corrected chi connectivity index (χ4v) is 3.71. The average molecular weight is 450 g/mol. The van der Waals surface area contributed by atoms with Crippen molar-refractivity contribution < 1.29 is 24.3 Å². The fraction of sp³-hybridized carbons (Fsp3) is 0.280. The lowest BCUT2D eigenvalue weighted by Crippen LogP contribution is -2.50. The van der Waals surface area contributed by atoms with Gasteiger partial charge in [-0.3, -0.25) is 14.4 Å². The lowest BCUT2D eigenvalue weighted by molar-refractivity contribution is -0.141. The molecule has 3 amide bonds. The molecule has 0 saturated carbocycles. The van der Waals surface area contributed by atoms with Crippen molar-refractivity contribution in [3.8, 4) is 0 Å². The summed E-state index contributed by atoms with van der Waals surface area (Å²) in [7, 11) is 0. The highest BCUT2D eigenvalue weighted by Gasteiger charge is 2.33. The van der Waals surface area contributed by atoms with Gasteiger partial charge in [-0.2, -0.15) is 0 Å². The monoisotopic (exact) mass is 449 g/mol. The van der Waals surface area contributed by atoms with Crippen molar-refractivity contribution in [2.75, 3.05) is 13.1 Å². The quantitative estimate of drug-likeness (QED) is 0.503. The van der Waals surface area contributed by atoms with E-state index in [1.165, 1.54) is 11.0 Å². The number of nitrogens with one attached hydrogen (secondary N) is 2. The number of carbonyl (C=O) groups is 4. The van der Waals surface area contributed by atoms with Gasteiger partial charge in [0, 0.05) is 19.0 Å². The first kappa shape index (κ1) is 23.7. The number of benzene rings is 2. The summed E-state index contributed by atoms with van der Waals surface area (Å²) in [5.74, 6) is -2.46. The molecule has 0 unspecified atom stereocenters. The summed E-state index contributed by atoms with van der Waals surface area (Å²) in [5.41, 5.74) is 1.66. The molecule has 172 valence electrons. The molecule has 33 heavy (non-hydrogen) atoms. The van der Waals surface area contributed by atoms with Crippen LogP contribution in [0.3, 0.4) is 0 Å². The van der Waals surface area contributed by atoms with E-state index < -0.39 is 29.9 Å². The molecule has 1 aliphatic heterocycles. The van der Waals surface area contributed by atoms with Crippen LogP contribution in [0, 0.1) is 0 Å². The number of amides is 3. The Balaban J connectivity index is 1.51. The molecule has 1 fully saturated rings. The Bertz CT molecular complexity index is 1010. The molecule has 0 aliphatic carbocycles. The molecule has 1 heterocycles. The largest absolute Gasteiger partial charge is 0.480 e. The summed E-state index contributed by atoms with van der Waals surface area (Å²) < 4.78 is 0. The van der Waals surface area contributed by atoms with Crippen LogP contribution < -0.4 is 10.6 Å². The van der Waals surface area contributed by atoms with Crippen molar-refractivity contribution in [2.45, 2.75) is 31.3 Å². The number of carboxylic acids is 1. The zero-order valence-electron chi connectivity index (χ0n) is 18.1. The van der Waals surface area contributed by atoms with Crippen molar-refractivity contribution >= 4 is 29.8 Å². The summed E-state index contributed by atoms with van der Waals surface area (Å²) in [6.45, 7) is 0.0935. The second kappa shape index (κ2) is 11.6. The van der Waals surface area contributed by atoms with Crippen LogP contribution in [-0.4, -0.2) is 58.9 Å². The van der Waals surface area contributed by atoms with Crippen molar-refractivity contribution in [2.24, 2.45) is 0 Å². The van der Waals surface area contributed by atoms with Gasteiger partial charge in [-0.25, -0.2) is 4.79 Å². The van der Waals surface area contributed by atoms with E-state index in [9.17, 15) is 24.3 Å². The van der Waals surface area contributed by atoms with Crippen LogP contribution in [0.2, 0.25) is 0 Å². The van der Waals surface area contributed by atoms with Gasteiger partial charge in [0.2, 0.25) is 17.7 Å². The number of hydrogen-bond acceptors (Lipinski definition) is 4. The van der Waals surface area contributed by atoms with Gasteiger partial charge in [-0.05, 0) is 30.0 Å². The van der Waals surface area contributed by atoms with Gasteiger partial charge in [0.1, 0.15) is 12.1 Å². The van der Waals surface area contributed by atoms with Crippen molar-refractivity contribution in [1.82, 2.24) is 15.5 Å². The van der Waals surface area contributed by atoms with E-state index in [0.717, 1.165) is 11.1 Å². The van der Waals surface area contributed by atoms with E-state index in [4.69, 9.17) is 0 Å². The van der Waals surface area contributed by atoms with Crippen LogP contribution in [0.5, 0.6) is 0 Å². The Labute approximate surface area is 192 Å². The normalized spacial score (nSPS) is 16.4. The Morgan fingerprint density at radius 3 is 2.36 bits per heavy atom. The number of nitrogens with zero attached hydrogens (tertiary/aromatic N) is 1. The zero-order chi connectivity index (χ0) is 23.6. The lowest BCUT2D eigenvalue weighted by Gasteiger charge is -2.23. The summed E-state index contributed by atoms with van der Waals surface area (Å²) in [5, 5.41) is 14.4. The van der Waals surface area contributed by atoms with E-state index >= 15 is 0 Å². The molecular formula is C25H27N3O5. The highest BCUT2D eigenvalue weighted by Crippen LogP contribution is 2.18. The number of likely N-dealkylation sites (tertiary alicyclic amines) is 1. The van der Waals surface area contributed by atoms with Crippen molar-refractivity contribution in [3.05, 3.63) is 77.9 Å². The van der Waals surface area contributed by atoms with E-state index in [2.05, 4.69) is 10.6 Å². The summed E-state index contributed by atoms with van der Waals surface area (Å²) in [4.78, 5) is 50.5.